The van der Waals surface area contributed by atoms with Gasteiger partial charge < -0.3 is 11.1 Å². The number of primary amides is 1. The maximum absolute atomic E-state index is 13.6. The molecule has 2 aromatic rings. The number of rotatable bonds is 5. The van der Waals surface area contributed by atoms with Gasteiger partial charge in [0, 0.05) is 23.7 Å². The van der Waals surface area contributed by atoms with Gasteiger partial charge in [-0.1, -0.05) is 48.5 Å². The minimum atomic E-state index is -1.35. The van der Waals surface area contributed by atoms with E-state index in [0.717, 1.165) is 5.56 Å². The second-order valence-corrected chi connectivity index (χ2v) is 8.32. The molecule has 1 spiro atoms. The van der Waals surface area contributed by atoms with Gasteiger partial charge in [0.05, 0.1) is 18.4 Å². The fourth-order valence-corrected chi connectivity index (χ4v) is 5.29. The van der Waals surface area contributed by atoms with Gasteiger partial charge in [0.25, 0.3) is 0 Å². The number of para-hydroxylation sites is 1. The largest absolute Gasteiger partial charge is 0.370 e. The quantitative estimate of drug-likeness (QED) is 0.622. The number of anilines is 1. The van der Waals surface area contributed by atoms with E-state index in [2.05, 4.69) is 10.6 Å². The Morgan fingerprint density at radius 1 is 1.00 bits per heavy atom. The summed E-state index contributed by atoms with van der Waals surface area (Å²) in [6, 6.07) is 15.9. The lowest BCUT2D eigenvalue weighted by molar-refractivity contribution is -0.143. The summed E-state index contributed by atoms with van der Waals surface area (Å²) in [7, 11) is 0. The van der Waals surface area contributed by atoms with Crippen LogP contribution in [0.25, 0.3) is 0 Å². The van der Waals surface area contributed by atoms with Crippen LogP contribution < -0.4 is 16.4 Å². The molecule has 4 amide bonds. The number of benzene rings is 2. The summed E-state index contributed by atoms with van der Waals surface area (Å²) in [5.74, 6) is -3.17. The summed E-state index contributed by atoms with van der Waals surface area (Å²) in [6.07, 6.45) is 0.326. The predicted octanol–water partition coefficient (Wildman–Crippen LogP) is 0.873. The molecule has 8 nitrogen and oxygen atoms in total. The monoisotopic (exact) mass is 418 g/mol. The lowest BCUT2D eigenvalue weighted by Crippen LogP contribution is -2.53. The van der Waals surface area contributed by atoms with Gasteiger partial charge in [0.15, 0.2) is 0 Å². The molecule has 8 heteroatoms. The second kappa shape index (κ2) is 7.02. The molecule has 158 valence electrons. The zero-order valence-electron chi connectivity index (χ0n) is 16.7. The van der Waals surface area contributed by atoms with Gasteiger partial charge >= 0.3 is 0 Å². The van der Waals surface area contributed by atoms with E-state index in [1.54, 1.807) is 24.3 Å². The van der Waals surface area contributed by atoms with Crippen molar-refractivity contribution in [2.75, 3.05) is 5.32 Å². The number of hydrogen-bond acceptors (Lipinski definition) is 5. The van der Waals surface area contributed by atoms with Crippen LogP contribution in [0.5, 0.6) is 0 Å². The highest BCUT2D eigenvalue weighted by Crippen LogP contribution is 2.53. The summed E-state index contributed by atoms with van der Waals surface area (Å²) in [4.78, 5) is 53.0. The average molecular weight is 418 g/mol. The topological polar surface area (TPSA) is 122 Å². The molecule has 0 aliphatic carbocycles. The maximum Gasteiger partial charge on any atom is 0.250 e. The Bertz CT molecular complexity index is 1100. The Hall–Kier alpha value is -3.52. The van der Waals surface area contributed by atoms with Crippen LogP contribution in [0.2, 0.25) is 0 Å². The lowest BCUT2D eigenvalue weighted by atomic mass is 9.76. The Morgan fingerprint density at radius 3 is 2.45 bits per heavy atom. The first kappa shape index (κ1) is 19.4. The summed E-state index contributed by atoms with van der Waals surface area (Å²) >= 11 is 0. The van der Waals surface area contributed by atoms with Crippen molar-refractivity contribution in [3.8, 4) is 0 Å². The molecule has 0 radical (unpaired) electrons. The standard InChI is InChI=1S/C23H22N4O4/c24-17(28)11-10-16-18-19(21(30)27(20(18)29)12-13-6-2-1-3-7-13)23(26-16)14-8-4-5-9-15(14)25-22(23)31/h1-9,16,18-19,26H,10-12H2,(H2,24,28)(H,25,31)/t16-,18+,19+,23-/m0/s1. The second-order valence-electron chi connectivity index (χ2n) is 8.32. The number of likely N-dealkylation sites (tertiary alicyclic amines) is 1. The fourth-order valence-electron chi connectivity index (χ4n) is 5.29. The van der Waals surface area contributed by atoms with Crippen LogP contribution in [0.4, 0.5) is 5.69 Å². The van der Waals surface area contributed by atoms with Crippen LogP contribution in [0, 0.1) is 11.8 Å². The van der Waals surface area contributed by atoms with Gasteiger partial charge in [-0.25, -0.2) is 0 Å². The maximum atomic E-state index is 13.6. The van der Waals surface area contributed by atoms with E-state index in [1.807, 2.05) is 30.3 Å². The van der Waals surface area contributed by atoms with E-state index < -0.39 is 29.3 Å². The minimum Gasteiger partial charge on any atom is -0.370 e. The van der Waals surface area contributed by atoms with E-state index in [1.165, 1.54) is 4.90 Å². The number of fused-ring (bicyclic) bond motifs is 4. The smallest absolute Gasteiger partial charge is 0.250 e. The minimum absolute atomic E-state index is 0.0559. The van der Waals surface area contributed by atoms with E-state index in [-0.39, 0.29) is 37.1 Å². The molecular formula is C23H22N4O4. The molecule has 0 saturated carbocycles. The van der Waals surface area contributed by atoms with Crippen LogP contribution in [0.1, 0.15) is 24.0 Å². The summed E-state index contributed by atoms with van der Waals surface area (Å²) in [5.41, 5.74) is 6.10. The number of amides is 4. The number of carbonyl (C=O) groups excluding carboxylic acids is 4. The third-order valence-electron chi connectivity index (χ3n) is 6.60. The lowest BCUT2D eigenvalue weighted by Gasteiger charge is -2.29. The molecule has 4 atom stereocenters. The predicted molar refractivity (Wildman–Crippen MR) is 111 cm³/mol. The molecule has 0 bridgehead atoms. The number of nitrogens with one attached hydrogen (secondary N) is 2. The Kier molecular flexibility index (Phi) is 4.40. The van der Waals surface area contributed by atoms with Gasteiger partial charge in [-0.15, -0.1) is 0 Å². The SMILES string of the molecule is NC(=O)CC[C@@H]1N[C@]2(C(=O)Nc3ccccc32)[C@H]2C(=O)N(Cc3ccccc3)C(=O)[C@H]12. The van der Waals surface area contributed by atoms with Crippen LogP contribution >= 0.6 is 0 Å². The van der Waals surface area contributed by atoms with E-state index in [0.29, 0.717) is 11.3 Å². The average Bonchev–Trinajstić information content (AvgIpc) is 3.34. The van der Waals surface area contributed by atoms with Crippen LogP contribution in [0.15, 0.2) is 54.6 Å². The number of hydrogen-bond donors (Lipinski definition) is 3. The van der Waals surface area contributed by atoms with Gasteiger partial charge in [0.2, 0.25) is 23.6 Å². The Morgan fingerprint density at radius 2 is 1.71 bits per heavy atom. The van der Waals surface area contributed by atoms with Crippen molar-refractivity contribution < 1.29 is 19.2 Å². The Labute approximate surface area is 178 Å². The summed E-state index contributed by atoms with van der Waals surface area (Å²) in [6.45, 7) is 0.146. The normalized spacial score (nSPS) is 28.7. The van der Waals surface area contributed by atoms with E-state index in [9.17, 15) is 19.2 Å². The van der Waals surface area contributed by atoms with Crippen LogP contribution in [-0.2, 0) is 31.3 Å². The molecule has 0 unspecified atom stereocenters. The van der Waals surface area contributed by atoms with Crippen LogP contribution in [-0.4, -0.2) is 34.6 Å². The number of nitrogens with two attached hydrogens (primary N) is 1. The molecule has 0 aromatic heterocycles. The van der Waals surface area contributed by atoms with Crippen molar-refractivity contribution >= 4 is 29.3 Å². The number of carbonyl (C=O) groups is 4. The molecule has 2 aromatic carbocycles. The molecule has 2 saturated heterocycles. The van der Waals surface area contributed by atoms with Crippen molar-refractivity contribution in [2.24, 2.45) is 17.6 Å². The molecule has 5 rings (SSSR count). The molecule has 31 heavy (non-hydrogen) atoms. The van der Waals surface area contributed by atoms with Gasteiger partial charge in [-0.3, -0.25) is 29.4 Å². The first-order chi connectivity index (χ1) is 14.9. The first-order valence-electron chi connectivity index (χ1n) is 10.3. The summed E-state index contributed by atoms with van der Waals surface area (Å²) in [5, 5.41) is 6.14. The highest BCUT2D eigenvalue weighted by Gasteiger charge is 2.70. The van der Waals surface area contributed by atoms with E-state index in [4.69, 9.17) is 5.73 Å². The van der Waals surface area contributed by atoms with Gasteiger partial charge in [-0.2, -0.15) is 0 Å². The molecular weight excluding hydrogens is 396 g/mol. The highest BCUT2D eigenvalue weighted by atomic mass is 16.2. The molecule has 4 N–H and O–H groups in total. The number of imide groups is 1. The molecule has 2 fully saturated rings. The van der Waals surface area contributed by atoms with E-state index >= 15 is 0 Å². The molecule has 3 heterocycles. The van der Waals surface area contributed by atoms with Gasteiger partial charge in [0.1, 0.15) is 5.54 Å². The first-order valence-corrected chi connectivity index (χ1v) is 10.3. The highest BCUT2D eigenvalue weighted by molar-refractivity contribution is 6.15. The van der Waals surface area contributed by atoms with Crippen molar-refractivity contribution in [1.82, 2.24) is 10.2 Å². The third-order valence-corrected chi connectivity index (χ3v) is 6.60. The zero-order chi connectivity index (χ0) is 21.8. The van der Waals surface area contributed by atoms with Crippen LogP contribution in [0.3, 0.4) is 0 Å². The van der Waals surface area contributed by atoms with Crippen molar-refractivity contribution in [2.45, 2.75) is 31.0 Å². The third kappa shape index (κ3) is 2.79. The fraction of sp³-hybridized carbons (Fsp3) is 0.304. The van der Waals surface area contributed by atoms with Crippen molar-refractivity contribution in [3.05, 3.63) is 65.7 Å². The van der Waals surface area contributed by atoms with Crippen molar-refractivity contribution in [3.63, 3.8) is 0 Å². The van der Waals surface area contributed by atoms with Gasteiger partial charge in [-0.05, 0) is 18.1 Å². The Balaban J connectivity index is 1.58. The zero-order valence-corrected chi connectivity index (χ0v) is 16.7. The summed E-state index contributed by atoms with van der Waals surface area (Å²) < 4.78 is 0. The molecule has 3 aliphatic heterocycles. The number of nitrogens with zero attached hydrogens (tertiary/aromatic N) is 1. The molecule has 3 aliphatic rings. The van der Waals surface area contributed by atoms with Crippen molar-refractivity contribution in [1.29, 1.82) is 0 Å².